The summed E-state index contributed by atoms with van der Waals surface area (Å²) in [6, 6.07) is 7.91. The lowest BCUT2D eigenvalue weighted by Crippen LogP contribution is -2.21. The van der Waals surface area contributed by atoms with Crippen LogP contribution in [0.15, 0.2) is 33.8 Å². The van der Waals surface area contributed by atoms with E-state index in [1.54, 1.807) is 7.05 Å². The van der Waals surface area contributed by atoms with Gasteiger partial charge in [0.05, 0.1) is 6.04 Å². The van der Waals surface area contributed by atoms with Gasteiger partial charge in [-0.3, -0.25) is 9.89 Å². The molecule has 0 aliphatic heterocycles. The number of hydrogen-bond acceptors (Lipinski definition) is 4. The number of nitrogens with zero attached hydrogens (tertiary/aromatic N) is 3. The zero-order valence-corrected chi connectivity index (χ0v) is 9.71. The summed E-state index contributed by atoms with van der Waals surface area (Å²) in [5, 5.41) is 5.17. The summed E-state index contributed by atoms with van der Waals surface area (Å²) < 4.78 is 5.29. The van der Waals surface area contributed by atoms with Gasteiger partial charge in [-0.15, -0.1) is 0 Å². The van der Waals surface area contributed by atoms with Crippen molar-refractivity contribution in [1.82, 2.24) is 10.1 Å². The molecule has 0 bridgehead atoms. The van der Waals surface area contributed by atoms with Gasteiger partial charge in [0, 0.05) is 18.6 Å². The second-order valence-electron chi connectivity index (χ2n) is 3.88. The molecule has 1 aromatic carbocycles. The SMILES string of the molecule is CN=CC(c1noc2ccccc12)N(C)C. The van der Waals surface area contributed by atoms with E-state index in [1.165, 1.54) is 0 Å². The Balaban J connectivity index is 2.52. The molecule has 0 aliphatic rings. The van der Waals surface area contributed by atoms with E-state index in [2.05, 4.69) is 15.0 Å². The molecule has 0 aliphatic carbocycles. The first kappa shape index (κ1) is 10.8. The van der Waals surface area contributed by atoms with E-state index in [0.717, 1.165) is 16.7 Å². The van der Waals surface area contributed by atoms with E-state index in [-0.39, 0.29) is 6.04 Å². The first-order chi connectivity index (χ1) is 7.74. The highest BCUT2D eigenvalue weighted by molar-refractivity contribution is 5.83. The van der Waals surface area contributed by atoms with Crippen molar-refractivity contribution in [1.29, 1.82) is 0 Å². The van der Waals surface area contributed by atoms with Crippen molar-refractivity contribution in [3.8, 4) is 0 Å². The highest BCUT2D eigenvalue weighted by atomic mass is 16.5. The van der Waals surface area contributed by atoms with Crippen LogP contribution < -0.4 is 0 Å². The van der Waals surface area contributed by atoms with Crippen molar-refractivity contribution in [2.24, 2.45) is 4.99 Å². The smallest absolute Gasteiger partial charge is 0.167 e. The van der Waals surface area contributed by atoms with Crippen LogP contribution in [0.3, 0.4) is 0 Å². The lowest BCUT2D eigenvalue weighted by molar-refractivity contribution is 0.350. The van der Waals surface area contributed by atoms with Gasteiger partial charge in [-0.05, 0) is 26.2 Å². The minimum atomic E-state index is 0.0497. The van der Waals surface area contributed by atoms with E-state index in [0.29, 0.717) is 0 Å². The third-order valence-electron chi connectivity index (χ3n) is 2.53. The van der Waals surface area contributed by atoms with Crippen molar-refractivity contribution in [3.05, 3.63) is 30.0 Å². The molecule has 1 unspecified atom stereocenters. The molecule has 1 atom stereocenters. The van der Waals surface area contributed by atoms with Crippen LogP contribution in [0.2, 0.25) is 0 Å². The Hall–Kier alpha value is -1.68. The van der Waals surface area contributed by atoms with Gasteiger partial charge >= 0.3 is 0 Å². The van der Waals surface area contributed by atoms with Crippen LogP contribution in [0.5, 0.6) is 0 Å². The fourth-order valence-corrected chi connectivity index (χ4v) is 1.71. The minimum Gasteiger partial charge on any atom is -0.356 e. The molecule has 0 saturated carbocycles. The van der Waals surface area contributed by atoms with Gasteiger partial charge < -0.3 is 4.52 Å². The molecule has 1 aromatic heterocycles. The van der Waals surface area contributed by atoms with Gasteiger partial charge in [0.1, 0.15) is 5.69 Å². The summed E-state index contributed by atoms with van der Waals surface area (Å²) in [5.74, 6) is 0. The van der Waals surface area contributed by atoms with Crippen LogP contribution in [0.1, 0.15) is 11.7 Å². The van der Waals surface area contributed by atoms with Crippen LogP contribution in [0.25, 0.3) is 11.0 Å². The monoisotopic (exact) mass is 217 g/mol. The minimum absolute atomic E-state index is 0.0497. The van der Waals surface area contributed by atoms with Crippen LogP contribution in [0.4, 0.5) is 0 Å². The number of rotatable bonds is 3. The van der Waals surface area contributed by atoms with Crippen molar-refractivity contribution in [2.45, 2.75) is 6.04 Å². The van der Waals surface area contributed by atoms with Crippen LogP contribution in [-0.4, -0.2) is 37.4 Å². The first-order valence-electron chi connectivity index (χ1n) is 5.17. The van der Waals surface area contributed by atoms with E-state index in [9.17, 15) is 0 Å². The van der Waals surface area contributed by atoms with Crippen LogP contribution >= 0.6 is 0 Å². The molecule has 2 rings (SSSR count). The van der Waals surface area contributed by atoms with E-state index in [4.69, 9.17) is 4.52 Å². The molecule has 0 saturated heterocycles. The van der Waals surface area contributed by atoms with Crippen molar-refractivity contribution < 1.29 is 4.52 Å². The highest BCUT2D eigenvalue weighted by Crippen LogP contribution is 2.24. The van der Waals surface area contributed by atoms with Gasteiger partial charge in [-0.25, -0.2) is 0 Å². The predicted octanol–water partition coefficient (Wildman–Crippen LogP) is 2.13. The Morgan fingerprint density at radius 1 is 1.38 bits per heavy atom. The largest absolute Gasteiger partial charge is 0.356 e. The maximum absolute atomic E-state index is 5.29. The molecule has 16 heavy (non-hydrogen) atoms. The molecule has 0 spiro atoms. The van der Waals surface area contributed by atoms with Crippen molar-refractivity contribution in [3.63, 3.8) is 0 Å². The average molecular weight is 217 g/mol. The van der Waals surface area contributed by atoms with E-state index < -0.39 is 0 Å². The number of aliphatic imine (C=N–C) groups is 1. The Bertz CT molecular complexity index is 502. The fourth-order valence-electron chi connectivity index (χ4n) is 1.71. The zero-order chi connectivity index (χ0) is 11.5. The lowest BCUT2D eigenvalue weighted by atomic mass is 10.1. The van der Waals surface area contributed by atoms with Crippen LogP contribution in [0, 0.1) is 0 Å². The molecule has 2 aromatic rings. The van der Waals surface area contributed by atoms with Crippen molar-refractivity contribution >= 4 is 17.2 Å². The molecule has 0 fully saturated rings. The molecular formula is C12H15N3O. The second kappa shape index (κ2) is 4.45. The average Bonchev–Trinajstić information content (AvgIpc) is 2.69. The molecule has 4 nitrogen and oxygen atoms in total. The van der Waals surface area contributed by atoms with Gasteiger partial charge in [-0.1, -0.05) is 17.3 Å². The molecule has 1 heterocycles. The summed E-state index contributed by atoms with van der Waals surface area (Å²) >= 11 is 0. The van der Waals surface area contributed by atoms with Crippen molar-refractivity contribution in [2.75, 3.05) is 21.1 Å². The van der Waals surface area contributed by atoms with Gasteiger partial charge in [0.2, 0.25) is 0 Å². The Kier molecular flexibility index (Phi) is 3.01. The predicted molar refractivity (Wildman–Crippen MR) is 64.9 cm³/mol. The number of benzene rings is 1. The molecule has 0 N–H and O–H groups in total. The fraction of sp³-hybridized carbons (Fsp3) is 0.333. The zero-order valence-electron chi connectivity index (χ0n) is 9.71. The number of aromatic nitrogens is 1. The summed E-state index contributed by atoms with van der Waals surface area (Å²) in [5.41, 5.74) is 1.72. The standard InChI is InChI=1S/C12H15N3O/c1-13-8-10(15(2)3)12-9-6-4-5-7-11(9)16-14-12/h4-8,10H,1-3H3. The summed E-state index contributed by atoms with van der Waals surface area (Å²) in [4.78, 5) is 6.12. The third kappa shape index (κ3) is 1.84. The number of fused-ring (bicyclic) bond motifs is 1. The molecule has 0 radical (unpaired) electrons. The topological polar surface area (TPSA) is 41.6 Å². The third-order valence-corrected chi connectivity index (χ3v) is 2.53. The van der Waals surface area contributed by atoms with Crippen LogP contribution in [-0.2, 0) is 0 Å². The number of hydrogen-bond donors (Lipinski definition) is 0. The Labute approximate surface area is 94.6 Å². The molecule has 0 amide bonds. The van der Waals surface area contributed by atoms with Gasteiger partial charge in [0.25, 0.3) is 0 Å². The maximum atomic E-state index is 5.29. The number of para-hydroxylation sites is 1. The second-order valence-corrected chi connectivity index (χ2v) is 3.88. The molecular weight excluding hydrogens is 202 g/mol. The van der Waals surface area contributed by atoms with Gasteiger partial charge in [-0.2, -0.15) is 0 Å². The highest BCUT2D eigenvalue weighted by Gasteiger charge is 2.18. The van der Waals surface area contributed by atoms with E-state index in [1.807, 2.05) is 44.6 Å². The summed E-state index contributed by atoms with van der Waals surface area (Å²) in [7, 11) is 5.75. The van der Waals surface area contributed by atoms with Gasteiger partial charge in [0.15, 0.2) is 5.58 Å². The maximum Gasteiger partial charge on any atom is 0.167 e. The summed E-state index contributed by atoms with van der Waals surface area (Å²) in [6.07, 6.45) is 1.87. The quantitative estimate of drug-likeness (QED) is 0.739. The first-order valence-corrected chi connectivity index (χ1v) is 5.17. The lowest BCUT2D eigenvalue weighted by Gasteiger charge is -2.17. The Morgan fingerprint density at radius 3 is 2.81 bits per heavy atom. The molecule has 84 valence electrons. The Morgan fingerprint density at radius 2 is 2.12 bits per heavy atom. The molecule has 4 heteroatoms. The summed E-state index contributed by atoms with van der Waals surface area (Å²) in [6.45, 7) is 0. The van der Waals surface area contributed by atoms with E-state index >= 15 is 0 Å². The normalized spacial score (nSPS) is 14.0.